The second-order valence-corrected chi connectivity index (χ2v) is 8.20. The van der Waals surface area contributed by atoms with Crippen molar-refractivity contribution >= 4 is 23.4 Å². The van der Waals surface area contributed by atoms with Crippen LogP contribution in [0.5, 0.6) is 17.2 Å². The van der Waals surface area contributed by atoms with Crippen LogP contribution in [0.4, 0.5) is 5.69 Å². The fourth-order valence-electron chi connectivity index (χ4n) is 3.26. The van der Waals surface area contributed by atoms with E-state index in [1.54, 1.807) is 38.7 Å². The highest BCUT2D eigenvalue weighted by Gasteiger charge is 2.13. The molecule has 0 unspecified atom stereocenters. The first kappa shape index (κ1) is 25.4. The lowest BCUT2D eigenvalue weighted by Crippen LogP contribution is -2.28. The quantitative estimate of drug-likeness (QED) is 0.366. The standard InChI is InChI=1S/C24H31N5O4S/c1-5-28(6-2)13-14-33-22-15-18(7-12-21(22)32-4)26-23(30)16-34-24-27-25-17-29(24)19-8-10-20(31-3)11-9-19/h7-12,15,17H,5-6,13-14,16H2,1-4H3,(H,26,30). The van der Waals surface area contributed by atoms with Crippen LogP contribution in [0.3, 0.4) is 0 Å². The zero-order valence-corrected chi connectivity index (χ0v) is 20.8. The number of amides is 1. The number of carbonyl (C=O) groups excluding carboxylic acids is 1. The lowest BCUT2D eigenvalue weighted by atomic mass is 10.2. The lowest BCUT2D eigenvalue weighted by Gasteiger charge is -2.19. The molecule has 0 aliphatic carbocycles. The van der Waals surface area contributed by atoms with Gasteiger partial charge in [0, 0.05) is 24.0 Å². The number of ether oxygens (including phenoxy) is 3. The molecule has 34 heavy (non-hydrogen) atoms. The Bertz CT molecular complexity index is 1050. The molecular weight excluding hydrogens is 454 g/mol. The predicted octanol–water partition coefficient (Wildman–Crippen LogP) is 3.74. The Balaban J connectivity index is 1.58. The molecule has 2 aromatic carbocycles. The van der Waals surface area contributed by atoms with Crippen LogP contribution in [-0.4, -0.2) is 71.8 Å². The average Bonchev–Trinajstić information content (AvgIpc) is 3.34. The molecule has 182 valence electrons. The van der Waals surface area contributed by atoms with Crippen LogP contribution in [0.15, 0.2) is 53.9 Å². The van der Waals surface area contributed by atoms with Gasteiger partial charge < -0.3 is 24.4 Å². The summed E-state index contributed by atoms with van der Waals surface area (Å²) in [5, 5.41) is 11.7. The van der Waals surface area contributed by atoms with Gasteiger partial charge in [0.25, 0.3) is 0 Å². The predicted molar refractivity (Wildman–Crippen MR) is 134 cm³/mol. The molecule has 0 aliphatic heterocycles. The van der Waals surface area contributed by atoms with Gasteiger partial charge in [-0.05, 0) is 49.5 Å². The number of thioether (sulfide) groups is 1. The number of nitrogens with one attached hydrogen (secondary N) is 1. The summed E-state index contributed by atoms with van der Waals surface area (Å²) in [5.41, 5.74) is 1.52. The van der Waals surface area contributed by atoms with E-state index in [2.05, 4.69) is 34.3 Å². The van der Waals surface area contributed by atoms with Crippen molar-refractivity contribution in [2.75, 3.05) is 51.5 Å². The normalized spacial score (nSPS) is 10.9. The average molecular weight is 486 g/mol. The van der Waals surface area contributed by atoms with Crippen molar-refractivity contribution < 1.29 is 19.0 Å². The molecule has 0 fully saturated rings. The molecule has 3 rings (SSSR count). The van der Waals surface area contributed by atoms with E-state index in [4.69, 9.17) is 14.2 Å². The Labute approximate surface area is 204 Å². The van der Waals surface area contributed by atoms with Gasteiger partial charge in [-0.25, -0.2) is 0 Å². The van der Waals surface area contributed by atoms with Crippen LogP contribution < -0.4 is 19.5 Å². The molecule has 1 N–H and O–H groups in total. The van der Waals surface area contributed by atoms with Gasteiger partial charge in [0.2, 0.25) is 5.91 Å². The Morgan fingerprint density at radius 3 is 2.50 bits per heavy atom. The smallest absolute Gasteiger partial charge is 0.234 e. The number of carbonyl (C=O) groups is 1. The minimum absolute atomic E-state index is 0.159. The highest BCUT2D eigenvalue weighted by atomic mass is 32.2. The van der Waals surface area contributed by atoms with Crippen LogP contribution >= 0.6 is 11.8 Å². The van der Waals surface area contributed by atoms with Crippen molar-refractivity contribution in [2.24, 2.45) is 0 Å². The van der Waals surface area contributed by atoms with E-state index in [1.165, 1.54) is 11.8 Å². The largest absolute Gasteiger partial charge is 0.497 e. The second-order valence-electron chi connectivity index (χ2n) is 7.26. The first-order valence-electron chi connectivity index (χ1n) is 11.1. The Morgan fingerprint density at radius 1 is 1.06 bits per heavy atom. The molecule has 1 aromatic heterocycles. The molecular formula is C24H31N5O4S. The lowest BCUT2D eigenvalue weighted by molar-refractivity contribution is -0.113. The third kappa shape index (κ3) is 6.88. The maximum atomic E-state index is 12.6. The molecule has 0 aliphatic rings. The number of aromatic nitrogens is 3. The van der Waals surface area contributed by atoms with E-state index in [0.29, 0.717) is 28.9 Å². The molecule has 10 heteroatoms. The van der Waals surface area contributed by atoms with Crippen LogP contribution in [-0.2, 0) is 4.79 Å². The summed E-state index contributed by atoms with van der Waals surface area (Å²) in [6.45, 7) is 7.54. The van der Waals surface area contributed by atoms with E-state index in [9.17, 15) is 4.79 Å². The molecule has 1 amide bonds. The number of methoxy groups -OCH3 is 2. The number of anilines is 1. The van der Waals surface area contributed by atoms with Crippen LogP contribution in [0.25, 0.3) is 5.69 Å². The molecule has 1 heterocycles. The minimum Gasteiger partial charge on any atom is -0.497 e. The van der Waals surface area contributed by atoms with E-state index < -0.39 is 0 Å². The van der Waals surface area contributed by atoms with Gasteiger partial charge in [0.1, 0.15) is 18.7 Å². The molecule has 0 saturated heterocycles. The van der Waals surface area contributed by atoms with Crippen molar-refractivity contribution in [3.05, 3.63) is 48.8 Å². The molecule has 0 bridgehead atoms. The summed E-state index contributed by atoms with van der Waals surface area (Å²) in [7, 11) is 3.22. The fourth-order valence-corrected chi connectivity index (χ4v) is 3.99. The molecule has 0 radical (unpaired) electrons. The number of nitrogens with zero attached hydrogens (tertiary/aromatic N) is 4. The SMILES string of the molecule is CCN(CC)CCOc1cc(NC(=O)CSc2nncn2-c2ccc(OC)cc2)ccc1OC. The first-order chi connectivity index (χ1) is 16.6. The van der Waals surface area contributed by atoms with Crippen LogP contribution in [0.2, 0.25) is 0 Å². The summed E-state index contributed by atoms with van der Waals surface area (Å²) in [6.07, 6.45) is 1.62. The van der Waals surface area contributed by atoms with Crippen molar-refractivity contribution in [2.45, 2.75) is 19.0 Å². The minimum atomic E-state index is -0.159. The third-order valence-corrected chi connectivity index (χ3v) is 6.15. The molecule has 0 spiro atoms. The van der Waals surface area contributed by atoms with Gasteiger partial charge in [0.05, 0.1) is 20.0 Å². The zero-order chi connectivity index (χ0) is 24.3. The van der Waals surface area contributed by atoms with Crippen molar-refractivity contribution in [1.82, 2.24) is 19.7 Å². The zero-order valence-electron chi connectivity index (χ0n) is 20.0. The maximum Gasteiger partial charge on any atom is 0.234 e. The summed E-state index contributed by atoms with van der Waals surface area (Å²) >= 11 is 1.30. The topological polar surface area (TPSA) is 90.7 Å². The van der Waals surface area contributed by atoms with Crippen molar-refractivity contribution in [1.29, 1.82) is 0 Å². The molecule has 0 saturated carbocycles. The number of likely N-dealkylation sites (N-methyl/N-ethyl adjacent to an activating group) is 1. The van der Waals surface area contributed by atoms with Gasteiger partial charge in [-0.2, -0.15) is 0 Å². The van der Waals surface area contributed by atoms with Gasteiger partial charge in [-0.1, -0.05) is 25.6 Å². The van der Waals surface area contributed by atoms with Crippen LogP contribution in [0, 0.1) is 0 Å². The summed E-state index contributed by atoms with van der Waals surface area (Å²) in [6, 6.07) is 12.9. The summed E-state index contributed by atoms with van der Waals surface area (Å²) in [5.74, 6) is 2.01. The van der Waals surface area contributed by atoms with Gasteiger partial charge >= 0.3 is 0 Å². The van der Waals surface area contributed by atoms with Gasteiger partial charge in [0.15, 0.2) is 16.7 Å². The van der Waals surface area contributed by atoms with Crippen LogP contribution in [0.1, 0.15) is 13.8 Å². The fraction of sp³-hybridized carbons (Fsp3) is 0.375. The highest BCUT2D eigenvalue weighted by molar-refractivity contribution is 7.99. The Kier molecular flexibility index (Phi) is 9.60. The molecule has 3 aromatic rings. The Morgan fingerprint density at radius 2 is 1.82 bits per heavy atom. The molecule has 0 atom stereocenters. The van der Waals surface area contributed by atoms with Crippen molar-refractivity contribution in [3.63, 3.8) is 0 Å². The van der Waals surface area contributed by atoms with E-state index in [1.807, 2.05) is 28.8 Å². The number of rotatable bonds is 13. The third-order valence-electron chi connectivity index (χ3n) is 5.21. The van der Waals surface area contributed by atoms with E-state index in [0.717, 1.165) is 31.1 Å². The van der Waals surface area contributed by atoms with E-state index in [-0.39, 0.29) is 11.7 Å². The highest BCUT2D eigenvalue weighted by Crippen LogP contribution is 2.30. The first-order valence-corrected chi connectivity index (χ1v) is 12.1. The number of hydrogen-bond acceptors (Lipinski definition) is 8. The van der Waals surface area contributed by atoms with Gasteiger partial charge in [-0.15, -0.1) is 10.2 Å². The van der Waals surface area contributed by atoms with Gasteiger partial charge in [-0.3, -0.25) is 9.36 Å². The molecule has 9 nitrogen and oxygen atoms in total. The maximum absolute atomic E-state index is 12.6. The summed E-state index contributed by atoms with van der Waals surface area (Å²) in [4.78, 5) is 14.9. The number of hydrogen-bond donors (Lipinski definition) is 1. The van der Waals surface area contributed by atoms with Crippen molar-refractivity contribution in [3.8, 4) is 22.9 Å². The Hall–Kier alpha value is -3.24. The summed E-state index contributed by atoms with van der Waals surface area (Å²) < 4.78 is 18.4. The number of benzene rings is 2. The van der Waals surface area contributed by atoms with E-state index >= 15 is 0 Å². The monoisotopic (exact) mass is 485 g/mol. The second kappa shape index (κ2) is 12.9.